The molecule has 3 rings (SSSR count). The average Bonchev–Trinajstić information content (AvgIpc) is 2.82. The number of rotatable bonds is 3. The van der Waals surface area contributed by atoms with E-state index in [1.165, 1.54) is 4.57 Å². The van der Waals surface area contributed by atoms with Crippen LogP contribution in [0.4, 0.5) is 0 Å². The maximum absolute atomic E-state index is 12.1. The molecule has 0 saturated heterocycles. The van der Waals surface area contributed by atoms with E-state index in [1.807, 2.05) is 37.3 Å². The highest BCUT2D eigenvalue weighted by molar-refractivity contribution is 5.71. The van der Waals surface area contributed by atoms with Gasteiger partial charge < -0.3 is 0 Å². The Bertz CT molecular complexity index is 817. The fourth-order valence-corrected chi connectivity index (χ4v) is 2.23. The van der Waals surface area contributed by atoms with Gasteiger partial charge in [-0.15, -0.1) is 0 Å². The molecule has 0 aliphatic carbocycles. The van der Waals surface area contributed by atoms with Crippen molar-refractivity contribution < 1.29 is 0 Å². The maximum Gasteiger partial charge on any atom is 0.333 e. The number of aromatic nitrogens is 4. The first-order valence-corrected chi connectivity index (χ1v) is 6.34. The zero-order valence-electron chi connectivity index (χ0n) is 11.1. The van der Waals surface area contributed by atoms with Crippen molar-refractivity contribution in [3.8, 4) is 0 Å². The maximum atomic E-state index is 12.1. The minimum atomic E-state index is -0.265. The first-order valence-electron chi connectivity index (χ1n) is 6.34. The molecule has 0 bridgehead atoms. The molecule has 2 heterocycles. The van der Waals surface area contributed by atoms with Crippen LogP contribution in [-0.2, 0) is 0 Å². The molecule has 0 unspecified atom stereocenters. The summed E-state index contributed by atoms with van der Waals surface area (Å²) in [5, 5.41) is 0. The third-order valence-electron chi connectivity index (χ3n) is 3.41. The van der Waals surface area contributed by atoms with Crippen molar-refractivity contribution >= 4 is 17.0 Å². The van der Waals surface area contributed by atoms with Gasteiger partial charge in [0.1, 0.15) is 0 Å². The van der Waals surface area contributed by atoms with Gasteiger partial charge in [0.15, 0.2) is 11.3 Å². The molecule has 20 heavy (non-hydrogen) atoms. The van der Waals surface area contributed by atoms with Crippen LogP contribution in [-0.4, -0.2) is 19.5 Å². The van der Waals surface area contributed by atoms with Gasteiger partial charge in [-0.2, -0.15) is 0 Å². The molecule has 0 spiro atoms. The second-order valence-corrected chi connectivity index (χ2v) is 4.62. The number of imidazole rings is 1. The summed E-state index contributed by atoms with van der Waals surface area (Å²) in [4.78, 5) is 23.1. The summed E-state index contributed by atoms with van der Waals surface area (Å²) in [5.41, 5.74) is 2.48. The molecular formula is C15H14N4O. The Labute approximate surface area is 115 Å². The van der Waals surface area contributed by atoms with Gasteiger partial charge in [0.25, 0.3) is 0 Å². The van der Waals surface area contributed by atoms with E-state index < -0.39 is 0 Å². The largest absolute Gasteiger partial charge is 0.333 e. The lowest BCUT2D eigenvalue weighted by molar-refractivity contribution is 0.880. The van der Waals surface area contributed by atoms with Crippen LogP contribution in [0.1, 0.15) is 18.4 Å². The Morgan fingerprint density at radius 1 is 1.25 bits per heavy atom. The second-order valence-electron chi connectivity index (χ2n) is 4.62. The number of H-pyrrole nitrogens is 1. The van der Waals surface area contributed by atoms with E-state index >= 15 is 0 Å². The molecule has 100 valence electrons. The average molecular weight is 266 g/mol. The minimum Gasteiger partial charge on any atom is -0.288 e. The minimum absolute atomic E-state index is 0.00917. The third-order valence-corrected chi connectivity index (χ3v) is 3.41. The van der Waals surface area contributed by atoms with Crippen molar-refractivity contribution in [3.63, 3.8) is 0 Å². The SMILES string of the molecule is C=C([C@@H](C)c1ccccc1)n1c(=O)[nH]c2nccnc21. The highest BCUT2D eigenvalue weighted by Crippen LogP contribution is 2.26. The molecule has 0 aliphatic rings. The summed E-state index contributed by atoms with van der Waals surface area (Å²) < 4.78 is 1.49. The molecular weight excluding hydrogens is 252 g/mol. The Balaban J connectivity index is 2.09. The topological polar surface area (TPSA) is 63.6 Å². The van der Waals surface area contributed by atoms with Gasteiger partial charge in [-0.05, 0) is 5.56 Å². The molecule has 0 fully saturated rings. The van der Waals surface area contributed by atoms with Crippen LogP contribution in [0.2, 0.25) is 0 Å². The van der Waals surface area contributed by atoms with Crippen LogP contribution >= 0.6 is 0 Å². The Kier molecular flexibility index (Phi) is 2.95. The fourth-order valence-electron chi connectivity index (χ4n) is 2.23. The molecule has 5 heteroatoms. The van der Waals surface area contributed by atoms with E-state index in [9.17, 15) is 4.79 Å². The Hall–Kier alpha value is -2.69. The molecule has 2 aromatic heterocycles. The number of allylic oxidation sites excluding steroid dienone is 1. The van der Waals surface area contributed by atoms with Crippen molar-refractivity contribution in [1.82, 2.24) is 19.5 Å². The summed E-state index contributed by atoms with van der Waals surface area (Å²) in [6.07, 6.45) is 3.11. The van der Waals surface area contributed by atoms with Crippen molar-refractivity contribution in [2.24, 2.45) is 0 Å². The predicted octanol–water partition coefficient (Wildman–Crippen LogP) is 2.39. The molecule has 0 radical (unpaired) electrons. The third kappa shape index (κ3) is 1.93. The molecule has 1 N–H and O–H groups in total. The van der Waals surface area contributed by atoms with E-state index in [-0.39, 0.29) is 11.6 Å². The molecule has 3 aromatic rings. The monoisotopic (exact) mass is 266 g/mol. The summed E-state index contributed by atoms with van der Waals surface area (Å²) in [7, 11) is 0. The van der Waals surface area contributed by atoms with Gasteiger partial charge in [-0.3, -0.25) is 4.98 Å². The number of fused-ring (bicyclic) bond motifs is 1. The summed E-state index contributed by atoms with van der Waals surface area (Å²) in [6.45, 7) is 6.07. The molecule has 1 aromatic carbocycles. The van der Waals surface area contributed by atoms with Crippen LogP contribution in [0.3, 0.4) is 0 Å². The zero-order valence-corrected chi connectivity index (χ0v) is 11.1. The summed E-state index contributed by atoms with van der Waals surface area (Å²) >= 11 is 0. The molecule has 0 amide bonds. The van der Waals surface area contributed by atoms with E-state index in [2.05, 4.69) is 21.5 Å². The van der Waals surface area contributed by atoms with Crippen molar-refractivity contribution in [1.29, 1.82) is 0 Å². The summed E-state index contributed by atoms with van der Waals surface area (Å²) in [5.74, 6) is 0.00917. The van der Waals surface area contributed by atoms with Gasteiger partial charge in [-0.25, -0.2) is 19.3 Å². The van der Waals surface area contributed by atoms with Crippen LogP contribution in [0.5, 0.6) is 0 Å². The van der Waals surface area contributed by atoms with Crippen molar-refractivity contribution in [2.75, 3.05) is 0 Å². The quantitative estimate of drug-likeness (QED) is 0.791. The van der Waals surface area contributed by atoms with Crippen LogP contribution in [0, 0.1) is 0 Å². The van der Waals surface area contributed by atoms with E-state index in [1.54, 1.807) is 12.4 Å². The van der Waals surface area contributed by atoms with Gasteiger partial charge in [-0.1, -0.05) is 43.8 Å². The van der Waals surface area contributed by atoms with Gasteiger partial charge in [0.2, 0.25) is 0 Å². The number of benzene rings is 1. The number of nitrogens with one attached hydrogen (secondary N) is 1. The van der Waals surface area contributed by atoms with Gasteiger partial charge in [0.05, 0.1) is 0 Å². The second kappa shape index (κ2) is 4.77. The van der Waals surface area contributed by atoms with Gasteiger partial charge >= 0.3 is 5.69 Å². The van der Waals surface area contributed by atoms with E-state index in [0.29, 0.717) is 17.0 Å². The number of aromatic amines is 1. The number of nitrogens with zero attached hydrogens (tertiary/aromatic N) is 3. The first kappa shape index (κ1) is 12.3. The lowest BCUT2D eigenvalue weighted by Crippen LogP contribution is -2.18. The van der Waals surface area contributed by atoms with Gasteiger partial charge in [0, 0.05) is 24.0 Å². The van der Waals surface area contributed by atoms with Crippen molar-refractivity contribution in [3.05, 3.63) is 65.4 Å². The first-order chi connectivity index (χ1) is 9.68. The van der Waals surface area contributed by atoms with E-state index in [4.69, 9.17) is 0 Å². The van der Waals surface area contributed by atoms with Crippen LogP contribution < -0.4 is 5.69 Å². The lowest BCUT2D eigenvalue weighted by Gasteiger charge is -2.15. The Morgan fingerprint density at radius 3 is 2.70 bits per heavy atom. The predicted molar refractivity (Wildman–Crippen MR) is 78.3 cm³/mol. The normalized spacial score (nSPS) is 12.4. The van der Waals surface area contributed by atoms with Crippen LogP contribution in [0.15, 0.2) is 54.1 Å². The van der Waals surface area contributed by atoms with Crippen molar-refractivity contribution in [2.45, 2.75) is 12.8 Å². The Morgan fingerprint density at radius 2 is 1.95 bits per heavy atom. The van der Waals surface area contributed by atoms with E-state index in [0.717, 1.165) is 5.56 Å². The number of hydrogen-bond donors (Lipinski definition) is 1. The van der Waals surface area contributed by atoms with Crippen LogP contribution in [0.25, 0.3) is 17.0 Å². The standard InChI is InChI=1S/C15H14N4O/c1-10(12-6-4-3-5-7-12)11(2)19-14-13(18-15(19)20)16-8-9-17-14/h3-10H,2H2,1H3,(H,16,18,20)/t10-/m1/s1. The molecule has 0 saturated carbocycles. The zero-order chi connectivity index (χ0) is 14.1. The highest BCUT2D eigenvalue weighted by Gasteiger charge is 2.17. The molecule has 1 atom stereocenters. The highest BCUT2D eigenvalue weighted by atomic mass is 16.1. The smallest absolute Gasteiger partial charge is 0.288 e. The lowest BCUT2D eigenvalue weighted by atomic mass is 9.98. The number of hydrogen-bond acceptors (Lipinski definition) is 3. The summed E-state index contributed by atoms with van der Waals surface area (Å²) in [6, 6.07) is 9.93. The molecule has 0 aliphatic heterocycles. The fraction of sp³-hybridized carbons (Fsp3) is 0.133. The molecule has 5 nitrogen and oxygen atoms in total.